The third kappa shape index (κ3) is 3.72. The third-order valence-electron chi connectivity index (χ3n) is 3.36. The van der Waals surface area contributed by atoms with Crippen molar-refractivity contribution in [3.8, 4) is 22.9 Å². The molecule has 0 atom stereocenters. The topological polar surface area (TPSA) is 75.4 Å². The lowest BCUT2D eigenvalue weighted by Gasteiger charge is -2.08. The van der Waals surface area contributed by atoms with Crippen LogP contribution in [0.1, 0.15) is 12.5 Å². The van der Waals surface area contributed by atoms with E-state index in [0.29, 0.717) is 28.5 Å². The number of phenols is 1. The fourth-order valence-corrected chi connectivity index (χ4v) is 2.63. The Morgan fingerprint density at radius 1 is 1.36 bits per heavy atom. The Morgan fingerprint density at radius 2 is 2.12 bits per heavy atom. The van der Waals surface area contributed by atoms with Gasteiger partial charge in [0.1, 0.15) is 0 Å². The number of aromatic hydroxyl groups is 1. The van der Waals surface area contributed by atoms with Gasteiger partial charge in [0.2, 0.25) is 4.77 Å². The maximum Gasteiger partial charge on any atom is 0.216 e. The Kier molecular flexibility index (Phi) is 5.16. The maximum absolute atomic E-state index is 9.90. The molecule has 1 aromatic heterocycles. The molecule has 1 heterocycles. The van der Waals surface area contributed by atoms with Crippen LogP contribution in [0, 0.1) is 4.77 Å². The minimum atomic E-state index is -0.0921. The molecule has 0 spiro atoms. The molecule has 6 nitrogen and oxygen atoms in total. The summed E-state index contributed by atoms with van der Waals surface area (Å²) in [5, 5.41) is 21.4. The van der Waals surface area contributed by atoms with Gasteiger partial charge < -0.3 is 9.84 Å². The van der Waals surface area contributed by atoms with Crippen LogP contribution in [0.2, 0.25) is 5.02 Å². The minimum absolute atomic E-state index is 0.0921. The van der Waals surface area contributed by atoms with E-state index >= 15 is 0 Å². The molecule has 2 aromatic carbocycles. The molecule has 0 saturated heterocycles. The van der Waals surface area contributed by atoms with Gasteiger partial charge in [0.15, 0.2) is 17.3 Å². The number of ether oxygens (including phenoxy) is 1. The van der Waals surface area contributed by atoms with Crippen molar-refractivity contribution in [2.24, 2.45) is 5.10 Å². The normalized spacial score (nSPS) is 11.1. The number of benzene rings is 2. The van der Waals surface area contributed by atoms with Gasteiger partial charge in [-0.3, -0.25) is 0 Å². The number of phenolic OH excluding ortho intramolecular Hbond substituents is 1. The van der Waals surface area contributed by atoms with Crippen molar-refractivity contribution in [2.75, 3.05) is 6.61 Å². The number of rotatable bonds is 5. The van der Waals surface area contributed by atoms with Gasteiger partial charge in [-0.05, 0) is 36.8 Å². The quantitative estimate of drug-likeness (QED) is 0.517. The van der Waals surface area contributed by atoms with E-state index in [1.165, 1.54) is 4.68 Å². The van der Waals surface area contributed by atoms with Crippen LogP contribution in [-0.2, 0) is 0 Å². The van der Waals surface area contributed by atoms with Crippen LogP contribution in [0.4, 0.5) is 0 Å². The molecule has 25 heavy (non-hydrogen) atoms. The first kappa shape index (κ1) is 17.2. The number of nitrogens with zero attached hydrogens (tertiary/aromatic N) is 3. The summed E-state index contributed by atoms with van der Waals surface area (Å²) in [5.74, 6) is 0.804. The van der Waals surface area contributed by atoms with Crippen molar-refractivity contribution in [2.45, 2.75) is 6.92 Å². The molecule has 2 N–H and O–H groups in total. The highest BCUT2D eigenvalue weighted by Crippen LogP contribution is 2.34. The van der Waals surface area contributed by atoms with E-state index in [4.69, 9.17) is 28.6 Å². The predicted octanol–water partition coefficient (Wildman–Crippen LogP) is 4.25. The number of H-pyrrole nitrogens is 1. The van der Waals surface area contributed by atoms with Gasteiger partial charge in [-0.15, -0.1) is 0 Å². The highest BCUT2D eigenvalue weighted by atomic mass is 35.5. The first-order chi connectivity index (χ1) is 12.1. The summed E-state index contributed by atoms with van der Waals surface area (Å²) in [5.41, 5.74) is 1.54. The van der Waals surface area contributed by atoms with E-state index < -0.39 is 0 Å². The summed E-state index contributed by atoms with van der Waals surface area (Å²) in [6.07, 6.45) is 1.58. The molecule has 8 heteroatoms. The molecule has 0 saturated carbocycles. The van der Waals surface area contributed by atoms with Crippen LogP contribution in [-0.4, -0.2) is 32.8 Å². The van der Waals surface area contributed by atoms with Gasteiger partial charge in [0, 0.05) is 5.56 Å². The zero-order valence-corrected chi connectivity index (χ0v) is 14.9. The summed E-state index contributed by atoms with van der Waals surface area (Å²) >= 11 is 11.3. The number of nitrogens with one attached hydrogen (secondary N) is 1. The van der Waals surface area contributed by atoms with Gasteiger partial charge in [-0.25, -0.2) is 5.10 Å². The second kappa shape index (κ2) is 7.50. The molecule has 0 bridgehead atoms. The number of halogens is 1. The van der Waals surface area contributed by atoms with Gasteiger partial charge in [-0.1, -0.05) is 41.9 Å². The van der Waals surface area contributed by atoms with Gasteiger partial charge >= 0.3 is 0 Å². The highest BCUT2D eigenvalue weighted by Gasteiger charge is 2.10. The second-order valence-corrected chi connectivity index (χ2v) is 5.85. The Balaban J connectivity index is 1.99. The highest BCUT2D eigenvalue weighted by molar-refractivity contribution is 7.71. The van der Waals surface area contributed by atoms with E-state index in [9.17, 15) is 5.11 Å². The second-order valence-electron chi connectivity index (χ2n) is 5.06. The smallest absolute Gasteiger partial charge is 0.216 e. The molecule has 0 radical (unpaired) electrons. The number of hydrogen-bond acceptors (Lipinski definition) is 5. The molecule has 3 aromatic rings. The summed E-state index contributed by atoms with van der Waals surface area (Å²) in [7, 11) is 0. The number of hydrogen-bond donors (Lipinski definition) is 2. The largest absolute Gasteiger partial charge is 0.503 e. The molecule has 0 unspecified atom stereocenters. The Morgan fingerprint density at radius 3 is 2.84 bits per heavy atom. The van der Waals surface area contributed by atoms with Crippen LogP contribution in [0.25, 0.3) is 11.4 Å². The summed E-state index contributed by atoms with van der Waals surface area (Å²) < 4.78 is 7.26. The van der Waals surface area contributed by atoms with Crippen molar-refractivity contribution < 1.29 is 9.84 Å². The third-order valence-corrected chi connectivity index (χ3v) is 3.91. The minimum Gasteiger partial charge on any atom is -0.503 e. The van der Waals surface area contributed by atoms with Crippen molar-refractivity contribution in [1.82, 2.24) is 14.9 Å². The molecular formula is C17H15ClN4O2S. The molecule has 0 amide bonds. The Bertz CT molecular complexity index is 967. The number of aromatic amines is 1. The van der Waals surface area contributed by atoms with Crippen LogP contribution in [0.15, 0.2) is 47.6 Å². The summed E-state index contributed by atoms with van der Waals surface area (Å²) in [4.78, 5) is 0. The molecule has 0 fully saturated rings. The molecule has 128 valence electrons. The molecular weight excluding hydrogens is 360 g/mol. The average molecular weight is 375 g/mol. The summed E-state index contributed by atoms with van der Waals surface area (Å²) in [6, 6.07) is 12.8. The van der Waals surface area contributed by atoms with Crippen LogP contribution in [0.3, 0.4) is 0 Å². The van der Waals surface area contributed by atoms with Crippen molar-refractivity contribution in [3.63, 3.8) is 0 Å². The fourth-order valence-electron chi connectivity index (χ4n) is 2.23. The fraction of sp³-hybridized carbons (Fsp3) is 0.118. The molecule has 0 aliphatic carbocycles. The zero-order valence-electron chi connectivity index (χ0n) is 13.3. The van der Waals surface area contributed by atoms with Crippen LogP contribution < -0.4 is 4.74 Å². The van der Waals surface area contributed by atoms with Gasteiger partial charge in [0.25, 0.3) is 0 Å². The lowest BCUT2D eigenvalue weighted by Crippen LogP contribution is -1.97. The zero-order chi connectivity index (χ0) is 17.8. The van der Waals surface area contributed by atoms with E-state index in [1.807, 2.05) is 37.3 Å². The van der Waals surface area contributed by atoms with E-state index in [0.717, 1.165) is 5.56 Å². The van der Waals surface area contributed by atoms with E-state index in [1.54, 1.807) is 18.3 Å². The SMILES string of the molecule is CCOc1cc(/C=N\n2c(-c3ccccc3)n[nH]c2=S)cc(Cl)c1O. The van der Waals surface area contributed by atoms with Crippen molar-refractivity contribution >= 4 is 30.0 Å². The van der Waals surface area contributed by atoms with Gasteiger partial charge in [0.05, 0.1) is 17.8 Å². The van der Waals surface area contributed by atoms with E-state index in [2.05, 4.69) is 15.3 Å². The van der Waals surface area contributed by atoms with Crippen LogP contribution >= 0.6 is 23.8 Å². The number of aromatic nitrogens is 3. The maximum atomic E-state index is 9.90. The summed E-state index contributed by atoms with van der Waals surface area (Å²) in [6.45, 7) is 2.24. The molecule has 0 aliphatic rings. The Hall–Kier alpha value is -2.64. The average Bonchev–Trinajstić information content (AvgIpc) is 2.99. The first-order valence-corrected chi connectivity index (χ1v) is 8.31. The lowest BCUT2D eigenvalue weighted by atomic mass is 10.2. The molecule has 3 rings (SSSR count). The van der Waals surface area contributed by atoms with Gasteiger partial charge in [-0.2, -0.15) is 14.9 Å². The predicted molar refractivity (Wildman–Crippen MR) is 100 cm³/mol. The first-order valence-electron chi connectivity index (χ1n) is 7.52. The van der Waals surface area contributed by atoms with E-state index in [-0.39, 0.29) is 10.8 Å². The standard InChI is InChI=1S/C17H15ClN4O2S/c1-2-24-14-9-11(8-13(18)15(14)23)10-19-22-16(20-21-17(22)25)12-6-4-3-5-7-12/h3-10,23H,2H2,1H3,(H,21,25)/b19-10-. The monoisotopic (exact) mass is 374 g/mol. The molecule has 0 aliphatic heterocycles. The van der Waals surface area contributed by atoms with Crippen LogP contribution in [0.5, 0.6) is 11.5 Å². The Labute approximate surface area is 154 Å². The lowest BCUT2D eigenvalue weighted by molar-refractivity contribution is 0.318. The van der Waals surface area contributed by atoms with Crippen molar-refractivity contribution in [3.05, 3.63) is 57.8 Å². The van der Waals surface area contributed by atoms with Crippen molar-refractivity contribution in [1.29, 1.82) is 0 Å².